The average Bonchev–Trinajstić information content (AvgIpc) is 3.26. The van der Waals surface area contributed by atoms with E-state index in [0.29, 0.717) is 23.6 Å². The van der Waals surface area contributed by atoms with Crippen molar-refractivity contribution in [1.82, 2.24) is 15.1 Å². The Morgan fingerprint density at radius 3 is 2.56 bits per heavy atom. The molecule has 1 amide bonds. The summed E-state index contributed by atoms with van der Waals surface area (Å²) in [5.74, 6) is 1.09. The Balaban J connectivity index is 1.53. The highest BCUT2D eigenvalue weighted by atomic mass is 16.5. The lowest BCUT2D eigenvalue weighted by Gasteiger charge is -2.05. The molecule has 1 N–H and O–H groups in total. The van der Waals surface area contributed by atoms with Gasteiger partial charge >= 0.3 is 0 Å². The highest BCUT2D eigenvalue weighted by molar-refractivity contribution is 5.94. The minimum absolute atomic E-state index is 0.00437. The molecule has 140 valence electrons. The number of carbonyl (C=O) groups is 2. The molecule has 2 heterocycles. The highest BCUT2D eigenvalue weighted by Gasteiger charge is 2.13. The Labute approximate surface area is 156 Å². The molecule has 0 atom stereocenters. The SMILES string of the molecule is CC(=O)c1ccc(OCc2ccc(C(=O)NCc3cnn(C)c3C)o2)cc1. The molecular weight excluding hydrogens is 346 g/mol. The number of aryl methyl sites for hydroxylation is 1. The summed E-state index contributed by atoms with van der Waals surface area (Å²) in [5.41, 5.74) is 2.58. The van der Waals surface area contributed by atoms with Gasteiger partial charge < -0.3 is 14.5 Å². The molecule has 0 unspecified atom stereocenters. The second-order valence-corrected chi connectivity index (χ2v) is 6.20. The lowest BCUT2D eigenvalue weighted by molar-refractivity contribution is 0.0918. The highest BCUT2D eigenvalue weighted by Crippen LogP contribution is 2.16. The normalized spacial score (nSPS) is 10.6. The smallest absolute Gasteiger partial charge is 0.287 e. The zero-order chi connectivity index (χ0) is 19.4. The van der Waals surface area contributed by atoms with Crippen molar-refractivity contribution < 1.29 is 18.7 Å². The van der Waals surface area contributed by atoms with Gasteiger partial charge in [0.05, 0.1) is 6.20 Å². The van der Waals surface area contributed by atoms with Gasteiger partial charge in [0.15, 0.2) is 11.5 Å². The Hall–Kier alpha value is -3.35. The lowest BCUT2D eigenvalue weighted by atomic mass is 10.1. The van der Waals surface area contributed by atoms with Crippen LogP contribution in [-0.2, 0) is 20.2 Å². The zero-order valence-electron chi connectivity index (χ0n) is 15.5. The largest absolute Gasteiger partial charge is 0.486 e. The van der Waals surface area contributed by atoms with Crippen LogP contribution >= 0.6 is 0 Å². The van der Waals surface area contributed by atoms with Crippen molar-refractivity contribution in [3.63, 3.8) is 0 Å². The maximum Gasteiger partial charge on any atom is 0.287 e. The molecule has 27 heavy (non-hydrogen) atoms. The standard InChI is InChI=1S/C20H21N3O4/c1-13-16(11-22-23(13)3)10-21-20(25)19-9-8-18(27-19)12-26-17-6-4-15(5-7-17)14(2)24/h4-9,11H,10,12H2,1-3H3,(H,21,25). The van der Waals surface area contributed by atoms with Crippen molar-refractivity contribution >= 4 is 11.7 Å². The van der Waals surface area contributed by atoms with Gasteiger partial charge in [-0.3, -0.25) is 14.3 Å². The first-order chi connectivity index (χ1) is 12.9. The minimum atomic E-state index is -0.296. The van der Waals surface area contributed by atoms with Crippen molar-refractivity contribution in [1.29, 1.82) is 0 Å². The van der Waals surface area contributed by atoms with Gasteiger partial charge in [-0.1, -0.05) is 0 Å². The Morgan fingerprint density at radius 1 is 1.19 bits per heavy atom. The summed E-state index contributed by atoms with van der Waals surface area (Å²) in [6, 6.07) is 10.2. The molecule has 0 radical (unpaired) electrons. The molecule has 0 saturated carbocycles. The number of nitrogens with one attached hydrogen (secondary N) is 1. The van der Waals surface area contributed by atoms with Crippen LogP contribution in [-0.4, -0.2) is 21.5 Å². The number of benzene rings is 1. The molecule has 0 aliphatic heterocycles. The van der Waals surface area contributed by atoms with Crippen molar-refractivity contribution in [3.05, 3.63) is 70.9 Å². The van der Waals surface area contributed by atoms with Crippen LogP contribution in [0, 0.1) is 6.92 Å². The molecule has 7 nitrogen and oxygen atoms in total. The molecular formula is C20H21N3O4. The molecule has 1 aromatic carbocycles. The Morgan fingerprint density at radius 2 is 1.93 bits per heavy atom. The number of ketones is 1. The molecule has 7 heteroatoms. The topological polar surface area (TPSA) is 86.4 Å². The van der Waals surface area contributed by atoms with Crippen LogP contribution in [0.1, 0.15) is 44.9 Å². The number of carbonyl (C=O) groups excluding carboxylic acids is 2. The summed E-state index contributed by atoms with van der Waals surface area (Å²) < 4.78 is 12.9. The molecule has 0 bridgehead atoms. The predicted molar refractivity (Wildman–Crippen MR) is 98.6 cm³/mol. The van der Waals surface area contributed by atoms with E-state index in [1.54, 1.807) is 47.3 Å². The van der Waals surface area contributed by atoms with Gasteiger partial charge in [-0.05, 0) is 50.2 Å². The fraction of sp³-hybridized carbons (Fsp3) is 0.250. The number of hydrogen-bond acceptors (Lipinski definition) is 5. The van der Waals surface area contributed by atoms with Gasteiger partial charge in [-0.15, -0.1) is 0 Å². The van der Waals surface area contributed by atoms with Crippen LogP contribution in [0.2, 0.25) is 0 Å². The van der Waals surface area contributed by atoms with E-state index in [-0.39, 0.29) is 24.1 Å². The zero-order valence-corrected chi connectivity index (χ0v) is 15.5. The van der Waals surface area contributed by atoms with Crippen LogP contribution in [0.4, 0.5) is 0 Å². The second kappa shape index (κ2) is 7.90. The molecule has 0 fully saturated rings. The van der Waals surface area contributed by atoms with Crippen LogP contribution in [0.5, 0.6) is 5.75 Å². The summed E-state index contributed by atoms with van der Waals surface area (Å²) >= 11 is 0. The summed E-state index contributed by atoms with van der Waals surface area (Å²) in [7, 11) is 1.85. The third-order valence-corrected chi connectivity index (χ3v) is 4.30. The van der Waals surface area contributed by atoms with E-state index >= 15 is 0 Å². The fourth-order valence-electron chi connectivity index (χ4n) is 2.50. The van der Waals surface area contributed by atoms with Gasteiger partial charge in [-0.2, -0.15) is 5.10 Å². The fourth-order valence-corrected chi connectivity index (χ4v) is 2.50. The quantitative estimate of drug-likeness (QED) is 0.649. The van der Waals surface area contributed by atoms with Gasteiger partial charge in [0, 0.05) is 30.4 Å². The monoisotopic (exact) mass is 367 g/mol. The number of nitrogens with zero attached hydrogens (tertiary/aromatic N) is 2. The van der Waals surface area contributed by atoms with Crippen molar-refractivity contribution in [2.24, 2.45) is 7.05 Å². The Kier molecular flexibility index (Phi) is 5.40. The van der Waals surface area contributed by atoms with Gasteiger partial charge in [0.2, 0.25) is 0 Å². The molecule has 3 aromatic rings. The van der Waals surface area contributed by atoms with E-state index in [4.69, 9.17) is 9.15 Å². The minimum Gasteiger partial charge on any atom is -0.486 e. The van der Waals surface area contributed by atoms with E-state index < -0.39 is 0 Å². The van der Waals surface area contributed by atoms with Crippen LogP contribution in [0.25, 0.3) is 0 Å². The maximum absolute atomic E-state index is 12.2. The number of rotatable bonds is 7. The maximum atomic E-state index is 12.2. The van der Waals surface area contributed by atoms with E-state index in [1.807, 2.05) is 14.0 Å². The molecule has 0 aliphatic carbocycles. The number of Topliss-reactive ketones (excluding diaryl/α,β-unsaturated/α-hetero) is 1. The summed E-state index contributed by atoms with van der Waals surface area (Å²) in [5, 5.41) is 6.96. The molecule has 0 spiro atoms. The molecule has 3 rings (SSSR count). The lowest BCUT2D eigenvalue weighted by Crippen LogP contribution is -2.22. The van der Waals surface area contributed by atoms with Crippen molar-refractivity contribution in [3.8, 4) is 5.75 Å². The second-order valence-electron chi connectivity index (χ2n) is 6.20. The van der Waals surface area contributed by atoms with Crippen LogP contribution in [0.15, 0.2) is 47.0 Å². The first-order valence-electron chi connectivity index (χ1n) is 8.52. The first-order valence-corrected chi connectivity index (χ1v) is 8.52. The van der Waals surface area contributed by atoms with E-state index in [1.165, 1.54) is 6.92 Å². The van der Waals surface area contributed by atoms with E-state index in [9.17, 15) is 9.59 Å². The number of furan rings is 1. The van der Waals surface area contributed by atoms with Crippen LogP contribution < -0.4 is 10.1 Å². The average molecular weight is 367 g/mol. The third-order valence-electron chi connectivity index (χ3n) is 4.30. The number of hydrogen-bond donors (Lipinski definition) is 1. The number of ether oxygens (including phenoxy) is 1. The van der Waals surface area contributed by atoms with Gasteiger partial charge in [0.1, 0.15) is 18.1 Å². The summed E-state index contributed by atoms with van der Waals surface area (Å²) in [6.45, 7) is 4.03. The van der Waals surface area contributed by atoms with Crippen molar-refractivity contribution in [2.75, 3.05) is 0 Å². The molecule has 2 aromatic heterocycles. The third kappa shape index (κ3) is 4.44. The Bertz CT molecular complexity index is 954. The van der Waals surface area contributed by atoms with Gasteiger partial charge in [0.25, 0.3) is 5.91 Å². The molecule has 0 saturated heterocycles. The number of aromatic nitrogens is 2. The summed E-state index contributed by atoms with van der Waals surface area (Å²) in [4.78, 5) is 23.5. The summed E-state index contributed by atoms with van der Waals surface area (Å²) in [6.07, 6.45) is 1.73. The van der Waals surface area contributed by atoms with Crippen LogP contribution in [0.3, 0.4) is 0 Å². The molecule has 0 aliphatic rings. The van der Waals surface area contributed by atoms with E-state index in [2.05, 4.69) is 10.4 Å². The predicted octanol–water partition coefficient (Wildman–Crippen LogP) is 3.03. The van der Waals surface area contributed by atoms with Gasteiger partial charge in [-0.25, -0.2) is 0 Å². The number of amides is 1. The first kappa shape index (κ1) is 18.4. The van der Waals surface area contributed by atoms with Crippen molar-refractivity contribution in [2.45, 2.75) is 27.0 Å². The van der Waals surface area contributed by atoms with E-state index in [0.717, 1.165) is 11.3 Å².